The summed E-state index contributed by atoms with van der Waals surface area (Å²) in [4.78, 5) is 28.8. The molecule has 0 fully saturated rings. The molecule has 214 valence electrons. The van der Waals surface area contributed by atoms with Gasteiger partial charge in [-0.1, -0.05) is 92.0 Å². The maximum atomic E-state index is 14.1. The van der Waals surface area contributed by atoms with Gasteiger partial charge in [0.1, 0.15) is 12.6 Å². The molecule has 40 heavy (non-hydrogen) atoms. The van der Waals surface area contributed by atoms with Gasteiger partial charge in [-0.3, -0.25) is 13.9 Å². The number of rotatable bonds is 12. The zero-order chi connectivity index (χ0) is 29.4. The van der Waals surface area contributed by atoms with Crippen molar-refractivity contribution < 1.29 is 18.0 Å². The lowest BCUT2D eigenvalue weighted by atomic mass is 10.1. The lowest BCUT2D eigenvalue weighted by Gasteiger charge is -2.33. The Balaban J connectivity index is 2.07. The Morgan fingerprint density at radius 1 is 0.950 bits per heavy atom. The third-order valence-electron chi connectivity index (χ3n) is 6.29. The van der Waals surface area contributed by atoms with Gasteiger partial charge in [0, 0.05) is 18.1 Å². The molecule has 7 nitrogen and oxygen atoms in total. The van der Waals surface area contributed by atoms with Gasteiger partial charge in [0.25, 0.3) is 10.0 Å². The Kier molecular flexibility index (Phi) is 11.0. The first-order valence-electron chi connectivity index (χ1n) is 13.1. The van der Waals surface area contributed by atoms with Crippen LogP contribution in [0.15, 0.2) is 77.7 Å². The molecule has 0 saturated carbocycles. The molecule has 3 rings (SSSR count). The van der Waals surface area contributed by atoms with Gasteiger partial charge in [-0.05, 0) is 55.2 Å². The maximum Gasteiger partial charge on any atom is 0.264 e. The number of nitrogens with zero attached hydrogens (tertiary/aromatic N) is 2. The van der Waals surface area contributed by atoms with Crippen LogP contribution in [-0.4, -0.2) is 44.3 Å². The van der Waals surface area contributed by atoms with E-state index >= 15 is 0 Å². The summed E-state index contributed by atoms with van der Waals surface area (Å²) in [6.07, 6.45) is 0.342. The van der Waals surface area contributed by atoms with Gasteiger partial charge in [-0.2, -0.15) is 0 Å². The van der Waals surface area contributed by atoms with Crippen LogP contribution < -0.4 is 9.62 Å². The van der Waals surface area contributed by atoms with Gasteiger partial charge in [0.2, 0.25) is 11.8 Å². The van der Waals surface area contributed by atoms with Gasteiger partial charge in [0.15, 0.2) is 0 Å². The number of hydrogen-bond donors (Lipinski definition) is 1. The van der Waals surface area contributed by atoms with Crippen LogP contribution in [0.4, 0.5) is 5.69 Å². The topological polar surface area (TPSA) is 86.8 Å². The highest BCUT2D eigenvalue weighted by Gasteiger charge is 2.34. The summed E-state index contributed by atoms with van der Waals surface area (Å²) in [5.41, 5.74) is 1.94. The average Bonchev–Trinajstić information content (AvgIpc) is 2.91. The average molecular weight is 605 g/mol. The molecule has 0 radical (unpaired) electrons. The monoisotopic (exact) mass is 603 g/mol. The van der Waals surface area contributed by atoms with Crippen molar-refractivity contribution in [2.75, 3.05) is 17.4 Å². The van der Waals surface area contributed by atoms with E-state index in [0.717, 1.165) is 15.4 Å². The van der Waals surface area contributed by atoms with Gasteiger partial charge in [-0.25, -0.2) is 8.42 Å². The molecule has 0 aliphatic carbocycles. The zero-order valence-electron chi connectivity index (χ0n) is 23.1. The van der Waals surface area contributed by atoms with E-state index < -0.39 is 28.5 Å². The predicted molar refractivity (Wildman–Crippen MR) is 161 cm³/mol. The van der Waals surface area contributed by atoms with Crippen LogP contribution in [-0.2, 0) is 26.2 Å². The molecule has 3 aromatic carbocycles. The SMILES string of the molecule is CC[C@H](C(=O)NCC(C)C)N(Cc1cccc(C)c1)C(=O)CN(c1ccc(Cl)cc1Cl)S(=O)(=O)c1ccccc1. The maximum absolute atomic E-state index is 14.1. The Morgan fingerprint density at radius 3 is 2.25 bits per heavy atom. The molecule has 2 amide bonds. The molecule has 0 saturated heterocycles. The fourth-order valence-electron chi connectivity index (χ4n) is 4.27. The molecule has 3 aromatic rings. The van der Waals surface area contributed by atoms with Crippen molar-refractivity contribution in [2.24, 2.45) is 5.92 Å². The first kappa shape index (κ1) is 31.5. The Morgan fingerprint density at radius 2 is 1.65 bits per heavy atom. The van der Waals surface area contributed by atoms with Crippen molar-refractivity contribution >= 4 is 50.7 Å². The van der Waals surface area contributed by atoms with E-state index in [0.29, 0.717) is 18.0 Å². The molecular weight excluding hydrogens is 569 g/mol. The van der Waals surface area contributed by atoms with Crippen LogP contribution in [0.25, 0.3) is 0 Å². The minimum atomic E-state index is -4.21. The lowest BCUT2D eigenvalue weighted by Crippen LogP contribution is -2.52. The minimum Gasteiger partial charge on any atom is -0.354 e. The summed E-state index contributed by atoms with van der Waals surface area (Å²) in [6, 6.07) is 19.1. The lowest BCUT2D eigenvalue weighted by molar-refractivity contribution is -0.140. The van der Waals surface area contributed by atoms with Crippen LogP contribution in [0.1, 0.15) is 38.3 Å². The van der Waals surface area contributed by atoms with E-state index in [-0.39, 0.29) is 34.0 Å². The van der Waals surface area contributed by atoms with Gasteiger partial charge in [-0.15, -0.1) is 0 Å². The molecule has 0 aliphatic rings. The molecule has 0 spiro atoms. The van der Waals surface area contributed by atoms with E-state index in [2.05, 4.69) is 5.32 Å². The van der Waals surface area contributed by atoms with E-state index in [1.807, 2.05) is 52.0 Å². The number of nitrogens with one attached hydrogen (secondary N) is 1. The van der Waals surface area contributed by atoms with Crippen molar-refractivity contribution in [3.8, 4) is 0 Å². The molecular formula is C30H35Cl2N3O4S. The largest absolute Gasteiger partial charge is 0.354 e. The Labute approximate surface area is 247 Å². The summed E-state index contributed by atoms with van der Waals surface area (Å²) < 4.78 is 28.7. The molecule has 1 N–H and O–H groups in total. The van der Waals surface area contributed by atoms with Crippen molar-refractivity contribution in [3.63, 3.8) is 0 Å². The first-order valence-corrected chi connectivity index (χ1v) is 15.3. The highest BCUT2D eigenvalue weighted by molar-refractivity contribution is 7.92. The summed E-state index contributed by atoms with van der Waals surface area (Å²) >= 11 is 12.5. The summed E-state index contributed by atoms with van der Waals surface area (Å²) in [6.45, 7) is 7.75. The second kappa shape index (κ2) is 14.0. The fraction of sp³-hybridized carbons (Fsp3) is 0.333. The summed E-state index contributed by atoms with van der Waals surface area (Å²) in [5.74, 6) is -0.612. The highest BCUT2D eigenvalue weighted by Crippen LogP contribution is 2.33. The number of benzene rings is 3. The van der Waals surface area contributed by atoms with Crippen LogP contribution in [0, 0.1) is 12.8 Å². The van der Waals surface area contributed by atoms with E-state index in [1.54, 1.807) is 18.2 Å². The number of aryl methyl sites for hydroxylation is 1. The fourth-order valence-corrected chi connectivity index (χ4v) is 6.28. The van der Waals surface area contributed by atoms with Crippen molar-refractivity contribution in [1.82, 2.24) is 10.2 Å². The smallest absolute Gasteiger partial charge is 0.264 e. The Hall–Kier alpha value is -3.07. The third kappa shape index (κ3) is 7.99. The van der Waals surface area contributed by atoms with Crippen LogP contribution >= 0.6 is 23.2 Å². The Bertz CT molecular complexity index is 1430. The normalized spacial score (nSPS) is 12.2. The summed E-state index contributed by atoms with van der Waals surface area (Å²) in [7, 11) is -4.21. The van der Waals surface area contributed by atoms with E-state index in [9.17, 15) is 18.0 Å². The molecule has 0 unspecified atom stereocenters. The molecule has 0 bridgehead atoms. The van der Waals surface area contributed by atoms with Crippen LogP contribution in [0.5, 0.6) is 0 Å². The quantitative estimate of drug-likeness (QED) is 0.272. The van der Waals surface area contributed by atoms with Crippen molar-refractivity contribution in [3.05, 3.63) is 94.0 Å². The first-order chi connectivity index (χ1) is 18.9. The zero-order valence-corrected chi connectivity index (χ0v) is 25.4. The predicted octanol–water partition coefficient (Wildman–Crippen LogP) is 6.08. The number of carbonyl (C=O) groups is 2. The number of amides is 2. The second-order valence-electron chi connectivity index (χ2n) is 9.99. The standard InChI is InChI=1S/C30H35Cl2N3O4S/c1-5-27(30(37)33-18-21(2)3)34(19-23-11-9-10-22(4)16-23)29(36)20-35(28-15-14-24(31)17-26(28)32)40(38,39)25-12-7-6-8-13-25/h6-17,21,27H,5,18-20H2,1-4H3,(H,33,37)/t27-/m1/s1. The summed E-state index contributed by atoms with van der Waals surface area (Å²) in [5, 5.41) is 3.32. The van der Waals surface area contributed by atoms with Crippen LogP contribution in [0.2, 0.25) is 10.0 Å². The molecule has 0 aliphatic heterocycles. The number of hydrogen-bond acceptors (Lipinski definition) is 4. The van der Waals surface area contributed by atoms with Crippen molar-refractivity contribution in [1.29, 1.82) is 0 Å². The number of carbonyl (C=O) groups excluding carboxylic acids is 2. The van der Waals surface area contributed by atoms with Crippen LogP contribution in [0.3, 0.4) is 0 Å². The highest BCUT2D eigenvalue weighted by atomic mass is 35.5. The molecule has 1 atom stereocenters. The molecule has 10 heteroatoms. The second-order valence-corrected chi connectivity index (χ2v) is 12.7. The van der Waals surface area contributed by atoms with E-state index in [1.165, 1.54) is 35.2 Å². The van der Waals surface area contributed by atoms with Gasteiger partial charge in [0.05, 0.1) is 15.6 Å². The molecule has 0 heterocycles. The number of halogens is 2. The number of anilines is 1. The number of sulfonamides is 1. The van der Waals surface area contributed by atoms with E-state index in [4.69, 9.17) is 23.2 Å². The minimum absolute atomic E-state index is 0.000712. The van der Waals surface area contributed by atoms with Gasteiger partial charge < -0.3 is 10.2 Å². The third-order valence-corrected chi connectivity index (χ3v) is 8.61. The molecule has 0 aromatic heterocycles. The van der Waals surface area contributed by atoms with Gasteiger partial charge >= 0.3 is 0 Å². The van der Waals surface area contributed by atoms with Crippen molar-refractivity contribution in [2.45, 2.75) is 51.6 Å².